The number of esters is 3. The second-order valence-electron chi connectivity index (χ2n) is 17.0. The van der Waals surface area contributed by atoms with Crippen molar-refractivity contribution in [2.24, 2.45) is 0 Å². The van der Waals surface area contributed by atoms with Crippen molar-refractivity contribution >= 4 is 17.9 Å². The molecule has 0 radical (unpaired) electrons. The van der Waals surface area contributed by atoms with Crippen LogP contribution in [-0.2, 0) is 28.6 Å². The lowest BCUT2D eigenvalue weighted by atomic mass is 10.1. The molecule has 0 amide bonds. The molecule has 0 saturated heterocycles. The summed E-state index contributed by atoms with van der Waals surface area (Å²) in [5.41, 5.74) is 0. The number of carbonyl (C=O) groups is 3. The van der Waals surface area contributed by atoms with E-state index >= 15 is 0 Å². The monoisotopic (exact) mass is 949 g/mol. The van der Waals surface area contributed by atoms with Gasteiger partial charge in [0.2, 0.25) is 0 Å². The summed E-state index contributed by atoms with van der Waals surface area (Å²) in [6.45, 7) is 6.23. The van der Waals surface area contributed by atoms with E-state index in [-0.39, 0.29) is 50.4 Å². The molecule has 0 aliphatic rings. The van der Waals surface area contributed by atoms with Crippen LogP contribution in [0.3, 0.4) is 0 Å². The predicted octanol–water partition coefficient (Wildman–Crippen LogP) is 18.2. The summed E-state index contributed by atoms with van der Waals surface area (Å²) in [5, 5.41) is 0. The first-order valence-corrected chi connectivity index (χ1v) is 27.0. The van der Waals surface area contributed by atoms with Crippen molar-refractivity contribution < 1.29 is 28.6 Å². The van der Waals surface area contributed by atoms with E-state index in [1.807, 2.05) is 12.2 Å². The molecule has 1 unspecified atom stereocenters. The van der Waals surface area contributed by atoms with Crippen LogP contribution in [0.15, 0.2) is 158 Å². The van der Waals surface area contributed by atoms with Gasteiger partial charge in [0, 0.05) is 19.3 Å². The van der Waals surface area contributed by atoms with E-state index < -0.39 is 6.10 Å². The summed E-state index contributed by atoms with van der Waals surface area (Å²) in [6.07, 6.45) is 81.1. The second kappa shape index (κ2) is 55.6. The molecule has 0 aromatic heterocycles. The van der Waals surface area contributed by atoms with Crippen molar-refractivity contribution in [1.82, 2.24) is 0 Å². The van der Waals surface area contributed by atoms with E-state index in [9.17, 15) is 14.4 Å². The molecular weight excluding hydrogens is 853 g/mol. The minimum Gasteiger partial charge on any atom is -0.462 e. The van der Waals surface area contributed by atoms with Crippen LogP contribution in [0.2, 0.25) is 0 Å². The normalized spacial score (nSPS) is 13.4. The van der Waals surface area contributed by atoms with Gasteiger partial charge in [0.1, 0.15) is 13.2 Å². The van der Waals surface area contributed by atoms with Gasteiger partial charge >= 0.3 is 17.9 Å². The van der Waals surface area contributed by atoms with Crippen molar-refractivity contribution in [3.8, 4) is 0 Å². The van der Waals surface area contributed by atoms with Crippen molar-refractivity contribution in [2.45, 2.75) is 207 Å². The Kier molecular flexibility index (Phi) is 51.6. The highest BCUT2D eigenvalue weighted by molar-refractivity contribution is 5.71. The van der Waals surface area contributed by atoms with Crippen LogP contribution in [0.1, 0.15) is 201 Å². The molecule has 6 heteroatoms. The van der Waals surface area contributed by atoms with Gasteiger partial charge in [-0.1, -0.05) is 211 Å². The average Bonchev–Trinajstić information content (AvgIpc) is 3.35. The van der Waals surface area contributed by atoms with Gasteiger partial charge in [0.15, 0.2) is 6.10 Å². The highest BCUT2D eigenvalue weighted by Crippen LogP contribution is 2.11. The van der Waals surface area contributed by atoms with E-state index in [2.05, 4.69) is 167 Å². The van der Waals surface area contributed by atoms with Gasteiger partial charge in [-0.2, -0.15) is 0 Å². The van der Waals surface area contributed by atoms with Crippen LogP contribution < -0.4 is 0 Å². The average molecular weight is 949 g/mol. The topological polar surface area (TPSA) is 78.9 Å². The van der Waals surface area contributed by atoms with E-state index in [0.29, 0.717) is 12.8 Å². The molecular formula is C63H96O6. The first-order valence-electron chi connectivity index (χ1n) is 27.0. The Morgan fingerprint density at radius 1 is 0.304 bits per heavy atom. The minimum atomic E-state index is -0.845. The number of ether oxygens (including phenoxy) is 3. The molecule has 0 aromatic carbocycles. The highest BCUT2D eigenvalue weighted by atomic mass is 16.6. The zero-order valence-corrected chi connectivity index (χ0v) is 43.8. The Morgan fingerprint density at radius 2 is 0.609 bits per heavy atom. The molecule has 1 atom stereocenters. The number of allylic oxidation sites excluding steroid dienone is 26. The molecule has 0 aliphatic heterocycles. The first-order chi connectivity index (χ1) is 34.0. The Labute approximate surface area is 422 Å². The largest absolute Gasteiger partial charge is 0.462 e. The maximum absolute atomic E-state index is 12.8. The van der Waals surface area contributed by atoms with Gasteiger partial charge in [-0.3, -0.25) is 14.4 Å². The predicted molar refractivity (Wildman–Crippen MR) is 297 cm³/mol. The molecule has 6 nitrogen and oxygen atoms in total. The van der Waals surface area contributed by atoms with E-state index in [4.69, 9.17) is 14.2 Å². The zero-order chi connectivity index (χ0) is 50.0. The molecule has 0 heterocycles. The number of carbonyl (C=O) groups excluding carboxylic acids is 3. The fourth-order valence-electron chi connectivity index (χ4n) is 6.53. The molecule has 0 N–H and O–H groups in total. The van der Waals surface area contributed by atoms with Crippen molar-refractivity contribution in [1.29, 1.82) is 0 Å². The van der Waals surface area contributed by atoms with Crippen molar-refractivity contribution in [3.63, 3.8) is 0 Å². The standard InChI is InChI=1S/C63H96O6/c1-4-7-10-13-16-19-22-25-27-28-29-30-31-32-33-34-36-38-41-44-47-50-53-56-62(65)68-59-60(58-67-61(64)55-52-49-46-43-40-37-24-21-18-15-12-9-6-3)69-63(66)57-54-51-48-45-42-39-35-26-23-20-17-14-11-8-5-2/h7,9-10,12,16-21,25-27,29-30,32-33,35-38,40,44,46-47,49,60H,4-6,8,11,13-15,22-24,28,31,34,39,41-43,45,48,50-59H2,1-3H3/b10-7-,12-9-,19-16-,20-17-,21-18-,27-25-,30-29-,33-32-,35-26-,38-36-,40-37-,47-44-,49-46-. The third kappa shape index (κ3) is 53.8. The maximum atomic E-state index is 12.8. The highest BCUT2D eigenvalue weighted by Gasteiger charge is 2.19. The van der Waals surface area contributed by atoms with Crippen molar-refractivity contribution in [3.05, 3.63) is 158 Å². The Balaban J connectivity index is 4.58. The molecule has 0 fully saturated rings. The summed E-state index contributed by atoms with van der Waals surface area (Å²) in [4.78, 5) is 38.0. The molecule has 0 aromatic rings. The molecule has 0 bridgehead atoms. The van der Waals surface area contributed by atoms with Gasteiger partial charge in [0.25, 0.3) is 0 Å². The quantitative estimate of drug-likeness (QED) is 0.0262. The summed E-state index contributed by atoms with van der Waals surface area (Å²) < 4.78 is 16.7. The van der Waals surface area contributed by atoms with Gasteiger partial charge in [-0.15, -0.1) is 0 Å². The minimum absolute atomic E-state index is 0.143. The Bertz CT molecular complexity index is 1610. The van der Waals surface area contributed by atoms with Crippen LogP contribution in [0, 0.1) is 0 Å². The summed E-state index contributed by atoms with van der Waals surface area (Å²) in [7, 11) is 0. The SMILES string of the molecule is CC/C=C\C/C=C\C/C=C\C/C=C\C/C=C\C/C=C\C/C=C\CCCC(=O)OCC(COC(=O)CC/C=C\C/C=C\C/C=C\C/C=C\CC)OC(=O)CCCCCCC/C=C\C/C=C\CCCCC. The number of hydrogen-bond acceptors (Lipinski definition) is 6. The van der Waals surface area contributed by atoms with Gasteiger partial charge in [0.05, 0.1) is 0 Å². The second-order valence-corrected chi connectivity index (χ2v) is 17.0. The number of rotatable bonds is 46. The first kappa shape index (κ1) is 64.0. The van der Waals surface area contributed by atoms with E-state index in [0.717, 1.165) is 122 Å². The van der Waals surface area contributed by atoms with Gasteiger partial charge in [-0.25, -0.2) is 0 Å². The molecule has 0 rings (SSSR count). The van der Waals surface area contributed by atoms with Crippen LogP contribution >= 0.6 is 0 Å². The number of hydrogen-bond donors (Lipinski definition) is 0. The molecule has 69 heavy (non-hydrogen) atoms. The third-order valence-corrected chi connectivity index (χ3v) is 10.5. The Hall–Kier alpha value is -4.97. The fraction of sp³-hybridized carbons (Fsp3) is 0.540. The summed E-state index contributed by atoms with van der Waals surface area (Å²) in [5.74, 6) is -1.11. The van der Waals surface area contributed by atoms with E-state index in [1.54, 1.807) is 0 Å². The van der Waals surface area contributed by atoms with Gasteiger partial charge < -0.3 is 14.2 Å². The zero-order valence-electron chi connectivity index (χ0n) is 43.8. The molecule has 384 valence electrons. The van der Waals surface area contributed by atoms with E-state index in [1.165, 1.54) is 25.7 Å². The smallest absolute Gasteiger partial charge is 0.306 e. The molecule has 0 saturated carbocycles. The van der Waals surface area contributed by atoms with Crippen LogP contribution in [-0.4, -0.2) is 37.2 Å². The van der Waals surface area contributed by atoms with Gasteiger partial charge in [-0.05, 0) is 128 Å². The lowest BCUT2D eigenvalue weighted by Gasteiger charge is -2.18. The van der Waals surface area contributed by atoms with Crippen LogP contribution in [0.5, 0.6) is 0 Å². The summed E-state index contributed by atoms with van der Waals surface area (Å²) >= 11 is 0. The summed E-state index contributed by atoms with van der Waals surface area (Å²) in [6, 6.07) is 0. The number of unbranched alkanes of at least 4 members (excludes halogenated alkanes) is 9. The van der Waals surface area contributed by atoms with Crippen LogP contribution in [0.4, 0.5) is 0 Å². The Morgan fingerprint density at radius 3 is 1.01 bits per heavy atom. The fourth-order valence-corrected chi connectivity index (χ4v) is 6.53. The van der Waals surface area contributed by atoms with Crippen LogP contribution in [0.25, 0.3) is 0 Å². The lowest BCUT2D eigenvalue weighted by molar-refractivity contribution is -0.166. The molecule has 0 spiro atoms. The lowest BCUT2D eigenvalue weighted by Crippen LogP contribution is -2.30. The third-order valence-electron chi connectivity index (χ3n) is 10.5. The maximum Gasteiger partial charge on any atom is 0.306 e. The molecule has 0 aliphatic carbocycles. The van der Waals surface area contributed by atoms with Crippen molar-refractivity contribution in [2.75, 3.05) is 13.2 Å².